The van der Waals surface area contributed by atoms with Gasteiger partial charge in [0.25, 0.3) is 5.56 Å². The van der Waals surface area contributed by atoms with Crippen molar-refractivity contribution in [2.24, 2.45) is 0 Å². The number of aryl methyl sites for hydroxylation is 1. The molecule has 0 amide bonds. The highest BCUT2D eigenvalue weighted by molar-refractivity contribution is 5.24. The van der Waals surface area contributed by atoms with Gasteiger partial charge in [-0.25, -0.2) is 4.98 Å². The molecule has 0 aliphatic heterocycles. The summed E-state index contributed by atoms with van der Waals surface area (Å²) >= 11 is 0. The van der Waals surface area contributed by atoms with Crippen LogP contribution in [0.1, 0.15) is 5.69 Å². The van der Waals surface area contributed by atoms with E-state index in [9.17, 15) is 4.79 Å². The van der Waals surface area contributed by atoms with Gasteiger partial charge < -0.3 is 0 Å². The van der Waals surface area contributed by atoms with E-state index in [2.05, 4.69) is 4.98 Å². The zero-order valence-corrected chi connectivity index (χ0v) is 7.84. The predicted octanol–water partition coefficient (Wildman–Crippen LogP) is 1.54. The molecule has 2 heterocycles. The third kappa shape index (κ3) is 1.57. The van der Waals surface area contributed by atoms with Gasteiger partial charge >= 0.3 is 0 Å². The monoisotopic (exact) mass is 186 g/mol. The maximum Gasteiger partial charge on any atom is 0.256 e. The van der Waals surface area contributed by atoms with Gasteiger partial charge in [-0.1, -0.05) is 12.1 Å². The van der Waals surface area contributed by atoms with E-state index >= 15 is 0 Å². The molecule has 2 aromatic heterocycles. The van der Waals surface area contributed by atoms with E-state index in [4.69, 9.17) is 0 Å². The molecule has 0 aromatic carbocycles. The Morgan fingerprint density at radius 2 is 2.00 bits per heavy atom. The van der Waals surface area contributed by atoms with Gasteiger partial charge in [0.05, 0.1) is 0 Å². The summed E-state index contributed by atoms with van der Waals surface area (Å²) in [6.45, 7) is 1.90. The van der Waals surface area contributed by atoms with Crippen molar-refractivity contribution < 1.29 is 0 Å². The Kier molecular flexibility index (Phi) is 2.14. The van der Waals surface area contributed by atoms with Crippen molar-refractivity contribution >= 4 is 0 Å². The molecule has 14 heavy (non-hydrogen) atoms. The van der Waals surface area contributed by atoms with E-state index in [1.807, 2.05) is 31.2 Å². The van der Waals surface area contributed by atoms with Crippen LogP contribution in [0.3, 0.4) is 0 Å². The molecule has 3 nitrogen and oxygen atoms in total. The lowest BCUT2D eigenvalue weighted by atomic mass is 10.3. The smallest absolute Gasteiger partial charge is 0.256 e. The van der Waals surface area contributed by atoms with Gasteiger partial charge in [0, 0.05) is 18.0 Å². The SMILES string of the molecule is Cc1cccc(-n2ccccc2=O)n1. The fourth-order valence-electron chi connectivity index (χ4n) is 1.28. The lowest BCUT2D eigenvalue weighted by Crippen LogP contribution is -2.16. The predicted molar refractivity (Wildman–Crippen MR) is 54.6 cm³/mol. The van der Waals surface area contributed by atoms with Gasteiger partial charge in [-0.3, -0.25) is 9.36 Å². The van der Waals surface area contributed by atoms with Crippen molar-refractivity contribution in [1.29, 1.82) is 0 Å². The summed E-state index contributed by atoms with van der Waals surface area (Å²) in [5, 5.41) is 0. The van der Waals surface area contributed by atoms with Crippen LogP contribution >= 0.6 is 0 Å². The van der Waals surface area contributed by atoms with Gasteiger partial charge in [-0.15, -0.1) is 0 Å². The fraction of sp³-hybridized carbons (Fsp3) is 0.0909. The van der Waals surface area contributed by atoms with Crippen molar-refractivity contribution in [3.05, 3.63) is 58.6 Å². The van der Waals surface area contributed by atoms with Gasteiger partial charge in [0.1, 0.15) is 5.82 Å². The third-order valence-corrected chi connectivity index (χ3v) is 1.94. The number of rotatable bonds is 1. The zero-order chi connectivity index (χ0) is 9.97. The maximum absolute atomic E-state index is 11.5. The molecule has 3 heteroatoms. The van der Waals surface area contributed by atoms with Crippen molar-refractivity contribution in [2.75, 3.05) is 0 Å². The van der Waals surface area contributed by atoms with Crippen LogP contribution < -0.4 is 5.56 Å². The highest BCUT2D eigenvalue weighted by Gasteiger charge is 1.98. The van der Waals surface area contributed by atoms with Crippen LogP contribution in [0.15, 0.2) is 47.4 Å². The quantitative estimate of drug-likeness (QED) is 0.677. The molecule has 70 valence electrons. The Labute approximate surface area is 81.7 Å². The molecular formula is C11H10N2O. The van der Waals surface area contributed by atoms with E-state index in [1.165, 1.54) is 10.6 Å². The average Bonchev–Trinajstić information content (AvgIpc) is 2.18. The molecule has 0 bridgehead atoms. The minimum atomic E-state index is -0.0643. The first kappa shape index (κ1) is 8.69. The fourth-order valence-corrected chi connectivity index (χ4v) is 1.28. The minimum Gasteiger partial charge on any atom is -0.269 e. The Morgan fingerprint density at radius 3 is 2.71 bits per heavy atom. The second-order valence-electron chi connectivity index (χ2n) is 3.05. The topological polar surface area (TPSA) is 34.9 Å². The molecule has 2 rings (SSSR count). The summed E-state index contributed by atoms with van der Waals surface area (Å²) in [7, 11) is 0. The third-order valence-electron chi connectivity index (χ3n) is 1.94. The van der Waals surface area contributed by atoms with Crippen LogP contribution in [0.5, 0.6) is 0 Å². The molecular weight excluding hydrogens is 176 g/mol. The largest absolute Gasteiger partial charge is 0.269 e. The summed E-state index contributed by atoms with van der Waals surface area (Å²) in [5.41, 5.74) is 0.837. The second kappa shape index (κ2) is 3.46. The molecule has 0 aliphatic rings. The molecule has 0 unspecified atom stereocenters. The Hall–Kier alpha value is -1.90. The van der Waals surface area contributed by atoms with Crippen molar-refractivity contribution in [3.63, 3.8) is 0 Å². The summed E-state index contributed by atoms with van der Waals surface area (Å²) < 4.78 is 1.52. The van der Waals surface area contributed by atoms with Crippen molar-refractivity contribution in [3.8, 4) is 5.82 Å². The summed E-state index contributed by atoms with van der Waals surface area (Å²) in [4.78, 5) is 15.7. The van der Waals surface area contributed by atoms with Gasteiger partial charge in [-0.2, -0.15) is 0 Å². The number of aromatic nitrogens is 2. The number of pyridine rings is 2. The molecule has 0 radical (unpaired) electrons. The van der Waals surface area contributed by atoms with E-state index in [-0.39, 0.29) is 5.56 Å². The molecule has 0 N–H and O–H groups in total. The maximum atomic E-state index is 11.5. The lowest BCUT2D eigenvalue weighted by molar-refractivity contribution is 0.929. The Balaban J connectivity index is 2.61. The van der Waals surface area contributed by atoms with E-state index in [0.717, 1.165) is 5.69 Å². The first-order valence-corrected chi connectivity index (χ1v) is 4.39. The highest BCUT2D eigenvalue weighted by atomic mass is 16.1. The first-order valence-electron chi connectivity index (χ1n) is 4.39. The van der Waals surface area contributed by atoms with Crippen LogP contribution in [-0.4, -0.2) is 9.55 Å². The molecule has 0 saturated heterocycles. The van der Waals surface area contributed by atoms with Gasteiger partial charge in [0.15, 0.2) is 0 Å². The summed E-state index contributed by atoms with van der Waals surface area (Å²) in [6.07, 6.45) is 1.71. The average molecular weight is 186 g/mol. The molecule has 2 aromatic rings. The Morgan fingerprint density at radius 1 is 1.14 bits per heavy atom. The molecule has 0 atom stereocenters. The van der Waals surface area contributed by atoms with Crippen LogP contribution in [-0.2, 0) is 0 Å². The van der Waals surface area contributed by atoms with E-state index < -0.39 is 0 Å². The second-order valence-corrected chi connectivity index (χ2v) is 3.05. The molecule has 0 saturated carbocycles. The van der Waals surface area contributed by atoms with Crippen LogP contribution in [0.25, 0.3) is 5.82 Å². The molecule has 0 spiro atoms. The lowest BCUT2D eigenvalue weighted by Gasteiger charge is -2.03. The van der Waals surface area contributed by atoms with E-state index in [1.54, 1.807) is 12.3 Å². The van der Waals surface area contributed by atoms with Crippen molar-refractivity contribution in [2.45, 2.75) is 6.92 Å². The van der Waals surface area contributed by atoms with Crippen LogP contribution in [0, 0.1) is 6.92 Å². The Bertz CT molecular complexity index is 502. The summed E-state index contributed by atoms with van der Waals surface area (Å²) in [5.74, 6) is 0.663. The number of hydrogen-bond acceptors (Lipinski definition) is 2. The van der Waals surface area contributed by atoms with Crippen LogP contribution in [0.4, 0.5) is 0 Å². The normalized spacial score (nSPS) is 10.1. The minimum absolute atomic E-state index is 0.0643. The number of nitrogens with zero attached hydrogens (tertiary/aromatic N) is 2. The van der Waals surface area contributed by atoms with Crippen molar-refractivity contribution in [1.82, 2.24) is 9.55 Å². The standard InChI is InChI=1S/C11H10N2O/c1-9-5-4-6-10(12-9)13-8-3-2-7-11(13)14/h2-8H,1H3. The first-order chi connectivity index (χ1) is 6.77. The summed E-state index contributed by atoms with van der Waals surface area (Å²) in [6, 6.07) is 10.6. The molecule has 0 fully saturated rings. The zero-order valence-electron chi connectivity index (χ0n) is 7.84. The number of hydrogen-bond donors (Lipinski definition) is 0. The molecule has 0 aliphatic carbocycles. The van der Waals surface area contributed by atoms with Gasteiger partial charge in [0.2, 0.25) is 0 Å². The van der Waals surface area contributed by atoms with Gasteiger partial charge in [-0.05, 0) is 25.1 Å². The van der Waals surface area contributed by atoms with E-state index in [0.29, 0.717) is 5.82 Å². The highest BCUT2D eigenvalue weighted by Crippen LogP contribution is 2.01. The van der Waals surface area contributed by atoms with Crippen LogP contribution in [0.2, 0.25) is 0 Å².